The first kappa shape index (κ1) is 9.26. The SMILES string of the molecule is COc1cccc(CS)c1OC. The van der Waals surface area contributed by atoms with Crippen LogP contribution in [0.25, 0.3) is 0 Å². The van der Waals surface area contributed by atoms with Crippen LogP contribution in [0, 0.1) is 0 Å². The van der Waals surface area contributed by atoms with Crippen LogP contribution in [0.1, 0.15) is 5.56 Å². The predicted molar refractivity (Wildman–Crippen MR) is 52.2 cm³/mol. The minimum absolute atomic E-state index is 0.653. The van der Waals surface area contributed by atoms with Crippen LogP contribution in [0.15, 0.2) is 18.2 Å². The van der Waals surface area contributed by atoms with Crippen molar-refractivity contribution in [2.45, 2.75) is 5.75 Å². The van der Waals surface area contributed by atoms with E-state index < -0.39 is 0 Å². The third-order valence-corrected chi connectivity index (χ3v) is 2.00. The van der Waals surface area contributed by atoms with Gasteiger partial charge in [-0.1, -0.05) is 12.1 Å². The van der Waals surface area contributed by atoms with Crippen LogP contribution in [-0.2, 0) is 5.75 Å². The maximum absolute atomic E-state index is 5.18. The third-order valence-electron chi connectivity index (χ3n) is 1.65. The summed E-state index contributed by atoms with van der Waals surface area (Å²) in [5.41, 5.74) is 1.04. The van der Waals surface area contributed by atoms with Gasteiger partial charge in [0, 0.05) is 11.3 Å². The highest BCUT2D eigenvalue weighted by Gasteiger charge is 2.06. The summed E-state index contributed by atoms with van der Waals surface area (Å²) in [6, 6.07) is 5.76. The van der Waals surface area contributed by atoms with E-state index in [4.69, 9.17) is 9.47 Å². The summed E-state index contributed by atoms with van der Waals surface area (Å²) >= 11 is 4.18. The molecule has 2 nitrogen and oxygen atoms in total. The Morgan fingerprint density at radius 1 is 1.25 bits per heavy atom. The fraction of sp³-hybridized carbons (Fsp3) is 0.333. The average Bonchev–Trinajstić information content (AvgIpc) is 2.16. The lowest BCUT2D eigenvalue weighted by Gasteiger charge is -2.10. The second-order valence-electron chi connectivity index (χ2n) is 2.31. The van der Waals surface area contributed by atoms with E-state index in [9.17, 15) is 0 Å². The summed E-state index contributed by atoms with van der Waals surface area (Å²) in [5.74, 6) is 2.18. The van der Waals surface area contributed by atoms with Gasteiger partial charge in [0.25, 0.3) is 0 Å². The quantitative estimate of drug-likeness (QED) is 0.725. The smallest absolute Gasteiger partial charge is 0.164 e. The molecule has 3 heteroatoms. The molecule has 1 rings (SSSR count). The fourth-order valence-electron chi connectivity index (χ4n) is 1.08. The lowest BCUT2D eigenvalue weighted by molar-refractivity contribution is 0.352. The first-order valence-corrected chi connectivity index (χ1v) is 4.27. The van der Waals surface area contributed by atoms with Crippen molar-refractivity contribution in [2.75, 3.05) is 14.2 Å². The van der Waals surface area contributed by atoms with Crippen LogP contribution in [0.2, 0.25) is 0 Å². The molecule has 0 aliphatic carbocycles. The van der Waals surface area contributed by atoms with Gasteiger partial charge in [-0.25, -0.2) is 0 Å². The van der Waals surface area contributed by atoms with Crippen LogP contribution in [-0.4, -0.2) is 14.2 Å². The molecule has 12 heavy (non-hydrogen) atoms. The van der Waals surface area contributed by atoms with Crippen molar-refractivity contribution in [1.29, 1.82) is 0 Å². The molecule has 0 heterocycles. The minimum Gasteiger partial charge on any atom is -0.493 e. The van der Waals surface area contributed by atoms with E-state index in [1.807, 2.05) is 18.2 Å². The van der Waals surface area contributed by atoms with Gasteiger partial charge in [-0.15, -0.1) is 0 Å². The Morgan fingerprint density at radius 2 is 2.00 bits per heavy atom. The summed E-state index contributed by atoms with van der Waals surface area (Å²) in [7, 11) is 3.25. The Balaban J connectivity index is 3.13. The predicted octanol–water partition coefficient (Wildman–Crippen LogP) is 2.13. The summed E-state index contributed by atoms with van der Waals surface area (Å²) in [6.07, 6.45) is 0. The third kappa shape index (κ3) is 1.67. The van der Waals surface area contributed by atoms with Crippen LogP contribution >= 0.6 is 12.6 Å². The number of thiol groups is 1. The second-order valence-corrected chi connectivity index (χ2v) is 2.63. The average molecular weight is 184 g/mol. The van der Waals surface area contributed by atoms with Gasteiger partial charge in [-0.05, 0) is 6.07 Å². The van der Waals surface area contributed by atoms with E-state index in [2.05, 4.69) is 12.6 Å². The molecule has 66 valence electrons. The summed E-state index contributed by atoms with van der Waals surface area (Å²) in [4.78, 5) is 0. The molecule has 0 aromatic heterocycles. The van der Waals surface area contributed by atoms with Gasteiger partial charge in [-0.3, -0.25) is 0 Å². The molecule has 0 unspecified atom stereocenters. The number of ether oxygens (including phenoxy) is 2. The van der Waals surface area contributed by atoms with Crippen molar-refractivity contribution in [1.82, 2.24) is 0 Å². The van der Waals surface area contributed by atoms with Crippen LogP contribution < -0.4 is 9.47 Å². The summed E-state index contributed by atoms with van der Waals surface area (Å²) < 4.78 is 10.3. The molecular formula is C9H12O2S. The zero-order valence-corrected chi connectivity index (χ0v) is 8.10. The Kier molecular flexibility index (Phi) is 3.29. The standard InChI is InChI=1S/C9H12O2S/c1-10-8-5-3-4-7(6-12)9(8)11-2/h3-5,12H,6H2,1-2H3. The molecule has 0 saturated heterocycles. The van der Waals surface area contributed by atoms with E-state index >= 15 is 0 Å². The number of benzene rings is 1. The van der Waals surface area contributed by atoms with E-state index in [1.54, 1.807) is 14.2 Å². The monoisotopic (exact) mass is 184 g/mol. The van der Waals surface area contributed by atoms with E-state index in [1.165, 1.54) is 0 Å². The van der Waals surface area contributed by atoms with Crippen molar-refractivity contribution in [3.05, 3.63) is 23.8 Å². The van der Waals surface area contributed by atoms with Crippen molar-refractivity contribution < 1.29 is 9.47 Å². The molecule has 0 amide bonds. The van der Waals surface area contributed by atoms with Gasteiger partial charge in [0.15, 0.2) is 11.5 Å². The Bertz CT molecular complexity index is 238. The first-order valence-electron chi connectivity index (χ1n) is 3.64. The van der Waals surface area contributed by atoms with Crippen molar-refractivity contribution in [2.24, 2.45) is 0 Å². The highest BCUT2D eigenvalue weighted by Crippen LogP contribution is 2.31. The van der Waals surface area contributed by atoms with Crippen molar-refractivity contribution in [3.8, 4) is 11.5 Å². The summed E-state index contributed by atoms with van der Waals surface area (Å²) in [5, 5.41) is 0. The van der Waals surface area contributed by atoms with Crippen LogP contribution in [0.3, 0.4) is 0 Å². The molecule has 0 fully saturated rings. The second kappa shape index (κ2) is 4.26. The maximum atomic E-state index is 5.18. The normalized spacial score (nSPS) is 9.58. The topological polar surface area (TPSA) is 18.5 Å². The molecule has 0 N–H and O–H groups in total. The minimum atomic E-state index is 0.653. The molecule has 1 aromatic carbocycles. The zero-order valence-electron chi connectivity index (χ0n) is 7.20. The number of hydrogen-bond donors (Lipinski definition) is 1. The molecule has 1 aromatic rings. The number of rotatable bonds is 3. The molecule has 0 radical (unpaired) electrons. The molecule has 0 atom stereocenters. The lowest BCUT2D eigenvalue weighted by atomic mass is 10.2. The molecule has 0 aliphatic heterocycles. The molecule has 0 spiro atoms. The molecule has 0 saturated carbocycles. The summed E-state index contributed by atoms with van der Waals surface area (Å²) in [6.45, 7) is 0. The van der Waals surface area contributed by atoms with E-state index in [0.29, 0.717) is 5.75 Å². The van der Waals surface area contributed by atoms with Gasteiger partial charge in [0.2, 0.25) is 0 Å². The van der Waals surface area contributed by atoms with Gasteiger partial charge >= 0.3 is 0 Å². The first-order chi connectivity index (χ1) is 5.83. The van der Waals surface area contributed by atoms with E-state index in [-0.39, 0.29) is 0 Å². The van der Waals surface area contributed by atoms with Crippen molar-refractivity contribution >= 4 is 12.6 Å². The Hall–Kier alpha value is -0.830. The van der Waals surface area contributed by atoms with Crippen molar-refractivity contribution in [3.63, 3.8) is 0 Å². The Morgan fingerprint density at radius 3 is 2.50 bits per heavy atom. The number of methoxy groups -OCH3 is 2. The zero-order chi connectivity index (χ0) is 8.97. The molecule has 0 aliphatic rings. The van der Waals surface area contributed by atoms with Gasteiger partial charge in [0.05, 0.1) is 14.2 Å². The van der Waals surface area contributed by atoms with Crippen LogP contribution in [0.4, 0.5) is 0 Å². The van der Waals surface area contributed by atoms with Gasteiger partial charge in [-0.2, -0.15) is 12.6 Å². The molecule has 0 bridgehead atoms. The highest BCUT2D eigenvalue weighted by molar-refractivity contribution is 7.79. The van der Waals surface area contributed by atoms with E-state index in [0.717, 1.165) is 17.1 Å². The lowest BCUT2D eigenvalue weighted by Crippen LogP contribution is -1.93. The highest BCUT2D eigenvalue weighted by atomic mass is 32.1. The van der Waals surface area contributed by atoms with Crippen LogP contribution in [0.5, 0.6) is 11.5 Å². The van der Waals surface area contributed by atoms with Gasteiger partial charge in [0.1, 0.15) is 0 Å². The van der Waals surface area contributed by atoms with Gasteiger partial charge < -0.3 is 9.47 Å². The largest absolute Gasteiger partial charge is 0.493 e. The fourth-order valence-corrected chi connectivity index (χ4v) is 1.33. The number of hydrogen-bond acceptors (Lipinski definition) is 3. The maximum Gasteiger partial charge on any atom is 0.164 e. The molecular weight excluding hydrogens is 172 g/mol. The Labute approximate surface area is 77.9 Å². The number of para-hydroxylation sites is 1.